The molecule has 0 radical (unpaired) electrons. The van der Waals surface area contributed by atoms with Gasteiger partial charge in [0.1, 0.15) is 0 Å². The van der Waals surface area contributed by atoms with Crippen LogP contribution in [0.4, 0.5) is 0 Å². The monoisotopic (exact) mass is 268 g/mol. The van der Waals surface area contributed by atoms with Crippen LogP contribution in [0.15, 0.2) is 24.3 Å². The van der Waals surface area contributed by atoms with Gasteiger partial charge in [0.15, 0.2) is 5.78 Å². The summed E-state index contributed by atoms with van der Waals surface area (Å²) in [4.78, 5) is 11.2. The molecular formula is C13H17O4P. The van der Waals surface area contributed by atoms with Gasteiger partial charge in [0.25, 0.3) is 0 Å². The summed E-state index contributed by atoms with van der Waals surface area (Å²) in [5, 5.41) is 0. The fourth-order valence-electron chi connectivity index (χ4n) is 1.61. The van der Waals surface area contributed by atoms with Crippen molar-refractivity contribution in [3.63, 3.8) is 0 Å². The average Bonchev–Trinajstić information content (AvgIpc) is 2.40. The third-order valence-corrected chi connectivity index (χ3v) is 3.99. The van der Waals surface area contributed by atoms with E-state index in [1.54, 1.807) is 6.92 Å². The Morgan fingerprint density at radius 3 is 2.44 bits per heavy atom. The second-order valence-corrected chi connectivity index (χ2v) is 5.34. The van der Waals surface area contributed by atoms with Crippen LogP contribution < -0.4 is 0 Å². The van der Waals surface area contributed by atoms with E-state index in [1.807, 2.05) is 31.2 Å². The van der Waals surface area contributed by atoms with E-state index in [1.165, 1.54) is 0 Å². The lowest BCUT2D eigenvalue weighted by atomic mass is 10.1. The molecule has 2 rings (SSSR count). The lowest BCUT2D eigenvalue weighted by Crippen LogP contribution is -2.08. The molecule has 1 aromatic rings. The van der Waals surface area contributed by atoms with E-state index in [0.717, 1.165) is 12.0 Å². The van der Waals surface area contributed by atoms with Gasteiger partial charge in [-0.05, 0) is 25.8 Å². The predicted molar refractivity (Wildman–Crippen MR) is 69.4 cm³/mol. The summed E-state index contributed by atoms with van der Waals surface area (Å²) in [6, 6.07) is 7.43. The van der Waals surface area contributed by atoms with Crippen molar-refractivity contribution in [3.05, 3.63) is 35.4 Å². The molecule has 1 fully saturated rings. The Morgan fingerprint density at radius 1 is 1.28 bits per heavy atom. The molecule has 0 N–H and O–H groups in total. The van der Waals surface area contributed by atoms with E-state index in [4.69, 9.17) is 13.6 Å². The van der Waals surface area contributed by atoms with Gasteiger partial charge >= 0.3 is 8.60 Å². The molecule has 0 aliphatic carbocycles. The quantitative estimate of drug-likeness (QED) is 0.618. The van der Waals surface area contributed by atoms with Gasteiger partial charge in [-0.1, -0.05) is 24.3 Å². The molecule has 5 heteroatoms. The minimum absolute atomic E-state index is 0.0680. The van der Waals surface area contributed by atoms with Crippen molar-refractivity contribution in [2.45, 2.75) is 26.4 Å². The fraction of sp³-hybridized carbons (Fsp3) is 0.462. The molecule has 0 aromatic heterocycles. The minimum atomic E-state index is -1.22. The summed E-state index contributed by atoms with van der Waals surface area (Å²) in [5.74, 6) is 0.0680. The molecule has 98 valence electrons. The van der Waals surface area contributed by atoms with Crippen LogP contribution in [-0.2, 0) is 13.6 Å². The summed E-state index contributed by atoms with van der Waals surface area (Å²) in [6.07, 6.45) is 0.819. The highest BCUT2D eigenvalue weighted by atomic mass is 31.2. The van der Waals surface area contributed by atoms with Crippen molar-refractivity contribution in [2.24, 2.45) is 0 Å². The van der Waals surface area contributed by atoms with Gasteiger partial charge in [-0.15, -0.1) is 0 Å². The zero-order chi connectivity index (χ0) is 13.0. The fourth-order valence-corrected chi connectivity index (χ4v) is 2.75. The summed E-state index contributed by atoms with van der Waals surface area (Å²) in [6.45, 7) is 4.90. The predicted octanol–water partition coefficient (Wildman–Crippen LogP) is 3.63. The number of benzene rings is 1. The Labute approximate surface area is 108 Å². The van der Waals surface area contributed by atoms with E-state index >= 15 is 0 Å². The first-order valence-electron chi connectivity index (χ1n) is 6.00. The number of hydrogen-bond acceptors (Lipinski definition) is 4. The SMILES string of the molecule is CC(=O)c1ccc([C@H](C)OP2OCCCO2)cc1. The van der Waals surface area contributed by atoms with Crippen molar-refractivity contribution >= 4 is 14.4 Å². The van der Waals surface area contributed by atoms with Gasteiger partial charge in [0.05, 0.1) is 19.3 Å². The van der Waals surface area contributed by atoms with Crippen LogP contribution in [0.5, 0.6) is 0 Å². The third-order valence-electron chi connectivity index (χ3n) is 2.71. The second-order valence-electron chi connectivity index (χ2n) is 4.17. The average molecular weight is 268 g/mol. The first kappa shape index (κ1) is 13.6. The standard InChI is InChI=1S/C13H17O4P/c1-10(14)12-4-6-13(7-5-12)11(2)17-18-15-8-3-9-16-18/h4-7,11H,3,8-9H2,1-2H3/t11-/m0/s1. The number of rotatable bonds is 4. The van der Waals surface area contributed by atoms with Crippen LogP contribution in [0.25, 0.3) is 0 Å². The molecular weight excluding hydrogens is 251 g/mol. The zero-order valence-electron chi connectivity index (χ0n) is 10.6. The summed E-state index contributed by atoms with van der Waals surface area (Å²) in [7, 11) is -1.22. The lowest BCUT2D eigenvalue weighted by Gasteiger charge is -2.24. The van der Waals surface area contributed by atoms with Gasteiger partial charge in [0, 0.05) is 5.56 Å². The smallest absolute Gasteiger partial charge is 0.312 e. The lowest BCUT2D eigenvalue weighted by molar-refractivity contribution is 0.0915. The Hall–Kier alpha value is -0.800. The van der Waals surface area contributed by atoms with Gasteiger partial charge in [-0.3, -0.25) is 4.79 Å². The third kappa shape index (κ3) is 3.59. The molecule has 0 spiro atoms. The van der Waals surface area contributed by atoms with Gasteiger partial charge in [0.2, 0.25) is 0 Å². The van der Waals surface area contributed by atoms with Crippen LogP contribution in [-0.4, -0.2) is 19.0 Å². The molecule has 1 aliphatic rings. The Morgan fingerprint density at radius 2 is 1.89 bits per heavy atom. The molecule has 1 saturated heterocycles. The van der Waals surface area contributed by atoms with E-state index in [-0.39, 0.29) is 11.9 Å². The maximum Gasteiger partial charge on any atom is 0.333 e. The largest absolute Gasteiger partial charge is 0.333 e. The Balaban J connectivity index is 1.95. The molecule has 0 saturated carbocycles. The first-order chi connectivity index (χ1) is 8.66. The van der Waals surface area contributed by atoms with Crippen LogP contribution >= 0.6 is 8.60 Å². The molecule has 0 bridgehead atoms. The van der Waals surface area contributed by atoms with Crippen molar-refractivity contribution < 1.29 is 18.4 Å². The molecule has 1 heterocycles. The van der Waals surface area contributed by atoms with E-state index in [2.05, 4.69) is 0 Å². The summed E-state index contributed by atoms with van der Waals surface area (Å²) < 4.78 is 16.5. The van der Waals surface area contributed by atoms with Gasteiger partial charge < -0.3 is 13.6 Å². The highest BCUT2D eigenvalue weighted by molar-refractivity contribution is 7.41. The molecule has 1 atom stereocenters. The highest BCUT2D eigenvalue weighted by Crippen LogP contribution is 2.46. The first-order valence-corrected chi connectivity index (χ1v) is 7.10. The minimum Gasteiger partial charge on any atom is -0.312 e. The number of carbonyl (C=O) groups is 1. The molecule has 0 amide bonds. The molecule has 1 aromatic carbocycles. The van der Waals surface area contributed by atoms with Crippen molar-refractivity contribution in [2.75, 3.05) is 13.2 Å². The highest BCUT2D eigenvalue weighted by Gasteiger charge is 2.20. The molecule has 1 aliphatic heterocycles. The molecule has 0 unspecified atom stereocenters. The number of Topliss-reactive ketones (excluding diaryl/α,β-unsaturated/α-hetero) is 1. The van der Waals surface area contributed by atoms with Gasteiger partial charge in [-0.25, -0.2) is 0 Å². The van der Waals surface area contributed by atoms with Crippen LogP contribution in [0.3, 0.4) is 0 Å². The van der Waals surface area contributed by atoms with Crippen molar-refractivity contribution in [1.82, 2.24) is 0 Å². The number of hydrogen-bond donors (Lipinski definition) is 0. The van der Waals surface area contributed by atoms with Crippen LogP contribution in [0, 0.1) is 0 Å². The molecule has 18 heavy (non-hydrogen) atoms. The van der Waals surface area contributed by atoms with Crippen LogP contribution in [0.1, 0.15) is 42.3 Å². The maximum absolute atomic E-state index is 11.2. The topological polar surface area (TPSA) is 44.8 Å². The normalized spacial score (nSPS) is 18.6. The summed E-state index contributed by atoms with van der Waals surface area (Å²) in [5.41, 5.74) is 1.72. The van der Waals surface area contributed by atoms with E-state index < -0.39 is 8.60 Å². The summed E-state index contributed by atoms with van der Waals surface area (Å²) >= 11 is 0. The van der Waals surface area contributed by atoms with E-state index in [9.17, 15) is 4.79 Å². The zero-order valence-corrected chi connectivity index (χ0v) is 11.5. The van der Waals surface area contributed by atoms with Gasteiger partial charge in [-0.2, -0.15) is 0 Å². The van der Waals surface area contributed by atoms with Crippen LogP contribution in [0.2, 0.25) is 0 Å². The van der Waals surface area contributed by atoms with E-state index in [0.29, 0.717) is 18.8 Å². The Bertz CT molecular complexity index is 398. The van der Waals surface area contributed by atoms with Crippen molar-refractivity contribution in [1.29, 1.82) is 0 Å². The van der Waals surface area contributed by atoms with Crippen molar-refractivity contribution in [3.8, 4) is 0 Å². The number of carbonyl (C=O) groups excluding carboxylic acids is 1. The Kier molecular flexibility index (Phi) is 4.84. The molecule has 4 nitrogen and oxygen atoms in total. The number of ketones is 1. The maximum atomic E-state index is 11.2. The second kappa shape index (κ2) is 6.39.